The molecule has 0 N–H and O–H groups in total. The van der Waals surface area contributed by atoms with Crippen LogP contribution < -0.4 is 0 Å². The Hall–Kier alpha value is -2.12. The van der Waals surface area contributed by atoms with Crippen LogP contribution in [0.25, 0.3) is 31.3 Å². The molecule has 1 heterocycles. The maximum atomic E-state index is 2.34. The molecule has 4 aromatic rings. The standard InChI is InChI=1S/C20H16S/c1-13-4-3-5-15(10-13)16-7-9-20-18(12-16)17-11-14(2)6-8-19(17)21-20/h3-12H,1-2H3. The first-order chi connectivity index (χ1) is 10.2. The summed E-state index contributed by atoms with van der Waals surface area (Å²) in [5, 5.41) is 2.75. The highest BCUT2D eigenvalue weighted by Crippen LogP contribution is 2.36. The molecule has 0 saturated carbocycles. The molecule has 0 spiro atoms. The highest BCUT2D eigenvalue weighted by atomic mass is 32.1. The van der Waals surface area contributed by atoms with Gasteiger partial charge in [0.2, 0.25) is 0 Å². The Bertz CT molecular complexity index is 960. The van der Waals surface area contributed by atoms with Crippen LogP contribution in [0.1, 0.15) is 11.1 Å². The third-order valence-corrected chi connectivity index (χ3v) is 5.13. The molecule has 0 aliphatic carbocycles. The Morgan fingerprint density at radius 3 is 2.10 bits per heavy atom. The Balaban J connectivity index is 2.00. The third kappa shape index (κ3) is 2.14. The molecule has 0 unspecified atom stereocenters. The lowest BCUT2D eigenvalue weighted by Crippen LogP contribution is -1.79. The van der Waals surface area contributed by atoms with E-state index in [1.165, 1.54) is 42.4 Å². The largest absolute Gasteiger partial charge is 0.135 e. The van der Waals surface area contributed by atoms with Gasteiger partial charge in [-0.2, -0.15) is 0 Å². The van der Waals surface area contributed by atoms with Gasteiger partial charge in [-0.1, -0.05) is 47.5 Å². The number of rotatable bonds is 1. The number of aryl methyl sites for hydroxylation is 2. The average molecular weight is 288 g/mol. The van der Waals surface area contributed by atoms with Gasteiger partial charge in [0.15, 0.2) is 0 Å². The fourth-order valence-corrected chi connectivity index (χ4v) is 3.96. The van der Waals surface area contributed by atoms with E-state index >= 15 is 0 Å². The van der Waals surface area contributed by atoms with Crippen molar-refractivity contribution < 1.29 is 0 Å². The SMILES string of the molecule is Cc1cccc(-c2ccc3sc4ccc(C)cc4c3c2)c1. The molecule has 0 radical (unpaired) electrons. The quantitative estimate of drug-likeness (QED) is 0.383. The first-order valence-electron chi connectivity index (χ1n) is 7.21. The number of hydrogen-bond acceptors (Lipinski definition) is 1. The van der Waals surface area contributed by atoms with Crippen molar-refractivity contribution in [2.24, 2.45) is 0 Å². The van der Waals surface area contributed by atoms with Gasteiger partial charge in [-0.25, -0.2) is 0 Å². The summed E-state index contributed by atoms with van der Waals surface area (Å²) in [5.74, 6) is 0. The first kappa shape index (κ1) is 12.6. The first-order valence-corrected chi connectivity index (χ1v) is 8.02. The molecule has 0 aliphatic heterocycles. The average Bonchev–Trinajstić information content (AvgIpc) is 2.84. The maximum Gasteiger partial charge on any atom is 0.0355 e. The van der Waals surface area contributed by atoms with Gasteiger partial charge in [0.25, 0.3) is 0 Å². The third-order valence-electron chi connectivity index (χ3n) is 3.98. The lowest BCUT2D eigenvalue weighted by atomic mass is 10.0. The zero-order chi connectivity index (χ0) is 14.4. The van der Waals surface area contributed by atoms with E-state index in [2.05, 4.69) is 74.5 Å². The van der Waals surface area contributed by atoms with Crippen LogP contribution in [0.15, 0.2) is 60.7 Å². The van der Waals surface area contributed by atoms with Crippen molar-refractivity contribution >= 4 is 31.5 Å². The molecule has 0 amide bonds. The summed E-state index contributed by atoms with van der Waals surface area (Å²) in [6.45, 7) is 4.30. The zero-order valence-electron chi connectivity index (χ0n) is 12.2. The molecule has 3 aromatic carbocycles. The lowest BCUT2D eigenvalue weighted by molar-refractivity contribution is 1.47. The molecule has 0 nitrogen and oxygen atoms in total. The normalized spacial score (nSPS) is 11.3. The second kappa shape index (κ2) is 4.71. The van der Waals surface area contributed by atoms with E-state index in [0.717, 1.165) is 0 Å². The smallest absolute Gasteiger partial charge is 0.0355 e. The van der Waals surface area contributed by atoms with Crippen LogP contribution in [0.4, 0.5) is 0 Å². The van der Waals surface area contributed by atoms with Gasteiger partial charge in [0.1, 0.15) is 0 Å². The molecule has 0 fully saturated rings. The van der Waals surface area contributed by atoms with Crippen LogP contribution in [-0.2, 0) is 0 Å². The van der Waals surface area contributed by atoms with Crippen LogP contribution in [0, 0.1) is 13.8 Å². The van der Waals surface area contributed by atoms with Crippen LogP contribution in [0.5, 0.6) is 0 Å². The summed E-state index contributed by atoms with van der Waals surface area (Å²) in [5.41, 5.74) is 5.22. The van der Waals surface area contributed by atoms with E-state index in [0.29, 0.717) is 0 Å². The monoisotopic (exact) mass is 288 g/mol. The molecule has 1 aromatic heterocycles. The molecule has 0 saturated heterocycles. The Morgan fingerprint density at radius 2 is 1.29 bits per heavy atom. The highest BCUT2D eigenvalue weighted by molar-refractivity contribution is 7.25. The second-order valence-electron chi connectivity index (χ2n) is 5.68. The molecule has 21 heavy (non-hydrogen) atoms. The van der Waals surface area contributed by atoms with E-state index in [-0.39, 0.29) is 0 Å². The fourth-order valence-electron chi connectivity index (χ4n) is 2.90. The van der Waals surface area contributed by atoms with E-state index in [9.17, 15) is 0 Å². The molecular weight excluding hydrogens is 272 g/mol. The summed E-state index contributed by atoms with van der Waals surface area (Å²) in [7, 11) is 0. The lowest BCUT2D eigenvalue weighted by Gasteiger charge is -2.03. The van der Waals surface area contributed by atoms with E-state index in [4.69, 9.17) is 0 Å². The van der Waals surface area contributed by atoms with E-state index in [1.807, 2.05) is 11.3 Å². The summed E-state index contributed by atoms with van der Waals surface area (Å²) >= 11 is 1.88. The predicted molar refractivity (Wildman–Crippen MR) is 94.2 cm³/mol. The van der Waals surface area contributed by atoms with Crippen molar-refractivity contribution in [3.63, 3.8) is 0 Å². The number of hydrogen-bond donors (Lipinski definition) is 0. The summed E-state index contributed by atoms with van der Waals surface area (Å²) in [4.78, 5) is 0. The minimum atomic E-state index is 1.30. The fraction of sp³-hybridized carbons (Fsp3) is 0.100. The minimum Gasteiger partial charge on any atom is -0.135 e. The Kier molecular flexibility index (Phi) is 2.83. The number of fused-ring (bicyclic) bond motifs is 3. The molecule has 4 rings (SSSR count). The van der Waals surface area contributed by atoms with Gasteiger partial charge in [-0.3, -0.25) is 0 Å². The predicted octanol–water partition coefficient (Wildman–Crippen LogP) is 6.34. The second-order valence-corrected chi connectivity index (χ2v) is 6.77. The zero-order valence-corrected chi connectivity index (χ0v) is 13.0. The maximum absolute atomic E-state index is 2.34. The summed E-state index contributed by atoms with van der Waals surface area (Å²) in [6, 6.07) is 22.3. The Morgan fingerprint density at radius 1 is 0.619 bits per heavy atom. The number of thiophene rings is 1. The van der Waals surface area contributed by atoms with Gasteiger partial charge in [0.05, 0.1) is 0 Å². The molecular formula is C20H16S. The highest BCUT2D eigenvalue weighted by Gasteiger charge is 2.07. The van der Waals surface area contributed by atoms with Crippen molar-refractivity contribution in [3.05, 3.63) is 71.8 Å². The molecule has 102 valence electrons. The van der Waals surface area contributed by atoms with E-state index in [1.54, 1.807) is 0 Å². The minimum absolute atomic E-state index is 1.30. The van der Waals surface area contributed by atoms with Crippen molar-refractivity contribution in [1.29, 1.82) is 0 Å². The van der Waals surface area contributed by atoms with Gasteiger partial charge in [-0.05, 0) is 49.2 Å². The van der Waals surface area contributed by atoms with Crippen LogP contribution in [0.2, 0.25) is 0 Å². The Labute approximate surface area is 128 Å². The topological polar surface area (TPSA) is 0 Å². The van der Waals surface area contributed by atoms with Gasteiger partial charge in [-0.15, -0.1) is 11.3 Å². The van der Waals surface area contributed by atoms with Gasteiger partial charge >= 0.3 is 0 Å². The van der Waals surface area contributed by atoms with Crippen LogP contribution >= 0.6 is 11.3 Å². The van der Waals surface area contributed by atoms with Crippen molar-refractivity contribution in [2.45, 2.75) is 13.8 Å². The molecule has 0 bridgehead atoms. The van der Waals surface area contributed by atoms with Crippen LogP contribution in [-0.4, -0.2) is 0 Å². The van der Waals surface area contributed by atoms with Crippen LogP contribution in [0.3, 0.4) is 0 Å². The summed E-state index contributed by atoms with van der Waals surface area (Å²) in [6.07, 6.45) is 0. The molecule has 0 aliphatic rings. The van der Waals surface area contributed by atoms with Crippen molar-refractivity contribution in [2.75, 3.05) is 0 Å². The molecule has 1 heteroatoms. The number of benzene rings is 3. The van der Waals surface area contributed by atoms with Gasteiger partial charge in [0, 0.05) is 20.2 Å². The van der Waals surface area contributed by atoms with Crippen molar-refractivity contribution in [3.8, 4) is 11.1 Å². The summed E-state index contributed by atoms with van der Waals surface area (Å²) < 4.78 is 2.74. The van der Waals surface area contributed by atoms with E-state index < -0.39 is 0 Å². The molecule has 0 atom stereocenters. The van der Waals surface area contributed by atoms with Gasteiger partial charge < -0.3 is 0 Å². The van der Waals surface area contributed by atoms with Crippen molar-refractivity contribution in [1.82, 2.24) is 0 Å².